The van der Waals surface area contributed by atoms with Crippen LogP contribution in [0.25, 0.3) is 0 Å². The van der Waals surface area contributed by atoms with Crippen molar-refractivity contribution in [2.75, 3.05) is 19.8 Å². The molecule has 76 heavy (non-hydrogen) atoms. The summed E-state index contributed by atoms with van der Waals surface area (Å²) in [5, 5.41) is 131. The number of hydrogen-bond acceptors (Lipinski definition) is 23. The van der Waals surface area contributed by atoms with Crippen molar-refractivity contribution < 1.29 is 113 Å². The molecule has 5 aliphatic heterocycles. The maximum absolute atomic E-state index is 14.2. The number of rotatable bonds is 11. The summed E-state index contributed by atoms with van der Waals surface area (Å²) in [5.74, 6) is -0.445. The first-order chi connectivity index (χ1) is 35.6. The Morgan fingerprint density at radius 1 is 0.579 bits per heavy atom. The third kappa shape index (κ3) is 8.32. The Kier molecular flexibility index (Phi) is 15.2. The SMILES string of the molecule is C[C@@H]1O[C@@H](O[C@H]2[C@H](O[C@H]3CO[C@@H](O[C@H]4CC[C@]5(C)[C@H]6CC[C@]78OC(=O)[C@@]9(CC[C@](C)(C=O)C[C@H]97)[C@H](O)C[C@@]8(C)[C@]6(C)CC[C@H]5C4(C)C)[C@H](O[C@@H]4O[C@H](CO)[C@@H](O)[C@H](O)[C@H]4O)[C@H]3O)O[C@H](CO)[C@@H](O)[C@@H]2O)[C@H](O)[C@H](O)[C@H]1O. The van der Waals surface area contributed by atoms with Crippen LogP contribution in [0.5, 0.6) is 0 Å². The molecule has 0 aromatic carbocycles. The molecule has 5 saturated heterocycles. The Labute approximate surface area is 442 Å². The Hall–Kier alpha value is -1.66. The summed E-state index contributed by atoms with van der Waals surface area (Å²) in [5.41, 5.74) is -4.36. The molecule has 0 amide bonds. The number of aliphatic hydroxyl groups is 12. The lowest BCUT2D eigenvalue weighted by molar-refractivity contribution is -0.394. The molecule has 10 fully saturated rings. The van der Waals surface area contributed by atoms with E-state index in [-0.39, 0.29) is 34.6 Å². The fraction of sp³-hybridized carbons (Fsp3) is 0.962. The summed E-state index contributed by atoms with van der Waals surface area (Å²) >= 11 is 0. The minimum absolute atomic E-state index is 0.0521. The van der Waals surface area contributed by atoms with Crippen LogP contribution >= 0.6 is 0 Å². The lowest BCUT2D eigenvalue weighted by Crippen LogP contribution is -2.74. The Morgan fingerprint density at radius 2 is 1.17 bits per heavy atom. The summed E-state index contributed by atoms with van der Waals surface area (Å²) < 4.78 is 55.7. The highest BCUT2D eigenvalue weighted by Gasteiger charge is 2.83. The van der Waals surface area contributed by atoms with Gasteiger partial charge in [-0.05, 0) is 99.2 Å². The molecule has 2 bridgehead atoms. The van der Waals surface area contributed by atoms with E-state index in [0.717, 1.165) is 25.5 Å². The van der Waals surface area contributed by atoms with Crippen LogP contribution in [0.3, 0.4) is 0 Å². The molecule has 30 atom stereocenters. The fourth-order valence-corrected chi connectivity index (χ4v) is 17.5. The minimum atomic E-state index is -1.91. The molecule has 0 radical (unpaired) electrons. The third-order valence-corrected chi connectivity index (χ3v) is 22.2. The zero-order valence-electron chi connectivity index (χ0n) is 44.5. The van der Waals surface area contributed by atoms with Crippen molar-refractivity contribution in [3.63, 3.8) is 0 Å². The van der Waals surface area contributed by atoms with Crippen molar-refractivity contribution in [3.05, 3.63) is 0 Å². The molecular formula is C53H84O23. The summed E-state index contributed by atoms with van der Waals surface area (Å²) in [6.07, 6.45) is -26.0. The van der Waals surface area contributed by atoms with E-state index in [0.29, 0.717) is 44.9 Å². The molecule has 1 spiro atoms. The van der Waals surface area contributed by atoms with Gasteiger partial charge in [-0.25, -0.2) is 0 Å². The van der Waals surface area contributed by atoms with Gasteiger partial charge in [-0.15, -0.1) is 0 Å². The van der Waals surface area contributed by atoms with Crippen molar-refractivity contribution >= 4 is 12.3 Å². The molecule has 10 rings (SSSR count). The zero-order valence-corrected chi connectivity index (χ0v) is 44.5. The van der Waals surface area contributed by atoms with Crippen LogP contribution in [0.4, 0.5) is 0 Å². The lowest BCUT2D eigenvalue weighted by Gasteiger charge is -2.74. The number of ether oxygens (including phenoxy) is 9. The molecule has 434 valence electrons. The molecule has 23 nitrogen and oxygen atoms in total. The average Bonchev–Trinajstić information content (AvgIpc) is 3.85. The van der Waals surface area contributed by atoms with E-state index >= 15 is 0 Å². The van der Waals surface area contributed by atoms with Crippen LogP contribution in [0.15, 0.2) is 0 Å². The van der Waals surface area contributed by atoms with Gasteiger partial charge in [-0.3, -0.25) is 4.79 Å². The Balaban J connectivity index is 0.907. The van der Waals surface area contributed by atoms with Crippen LogP contribution in [-0.2, 0) is 52.2 Å². The van der Waals surface area contributed by atoms with Gasteiger partial charge in [0.1, 0.15) is 103 Å². The summed E-state index contributed by atoms with van der Waals surface area (Å²) in [7, 11) is 0. The van der Waals surface area contributed by atoms with Crippen molar-refractivity contribution in [3.8, 4) is 0 Å². The van der Waals surface area contributed by atoms with Gasteiger partial charge in [0.15, 0.2) is 25.2 Å². The second kappa shape index (κ2) is 20.1. The Bertz CT molecular complexity index is 2140. The van der Waals surface area contributed by atoms with Gasteiger partial charge in [0, 0.05) is 16.7 Å². The second-order valence-corrected chi connectivity index (χ2v) is 26.1. The van der Waals surface area contributed by atoms with Crippen LogP contribution < -0.4 is 0 Å². The first-order valence-electron chi connectivity index (χ1n) is 27.6. The van der Waals surface area contributed by atoms with Crippen molar-refractivity contribution in [1.29, 1.82) is 0 Å². The van der Waals surface area contributed by atoms with E-state index in [1.165, 1.54) is 6.92 Å². The van der Waals surface area contributed by atoms with E-state index in [1.807, 2.05) is 6.92 Å². The van der Waals surface area contributed by atoms with Gasteiger partial charge >= 0.3 is 5.97 Å². The predicted molar refractivity (Wildman–Crippen MR) is 255 cm³/mol. The van der Waals surface area contributed by atoms with Crippen molar-refractivity contribution in [1.82, 2.24) is 0 Å². The second-order valence-electron chi connectivity index (χ2n) is 26.1. The molecule has 0 unspecified atom stereocenters. The maximum Gasteiger partial charge on any atom is 0.315 e. The standard InChI is InChI=1S/C53H84O23/c1-22-31(58)35(62)38(65)42(69-22)75-41-37(64)33(60)24(19-55)71-45(41)72-25-20-68-44(40(34(25)61)74-43-39(66)36(63)32(59)23(18-54)70-43)73-30-10-11-49(5)26(47(30,2)3)8-12-50(6)27(49)9-13-53-28-16-48(4,21-56)14-15-52(28,46(67)76-53)29(57)17-51(50,53)7/h21-45,54-55,57-66H,8-20H2,1-7H3/t22-,23+,24+,25-,26-,27+,28+,29+,30-,31-,32+,33+,34-,35+,36-,37-,38+,39+,40+,41+,42-,43-,44-,45-,48-,49-,50+,51-,52+,53-/m0/s1. The van der Waals surface area contributed by atoms with E-state index in [9.17, 15) is 70.9 Å². The number of aldehydes is 1. The highest BCUT2D eigenvalue weighted by molar-refractivity contribution is 5.83. The van der Waals surface area contributed by atoms with E-state index in [2.05, 4.69) is 34.6 Å². The number of aliphatic hydroxyl groups excluding tert-OH is 12. The van der Waals surface area contributed by atoms with Gasteiger partial charge in [0.05, 0.1) is 38.1 Å². The van der Waals surface area contributed by atoms with E-state index in [1.54, 1.807) is 0 Å². The van der Waals surface area contributed by atoms with Crippen LogP contribution in [-0.4, -0.2) is 228 Å². The number of esters is 1. The number of hydrogen-bond donors (Lipinski definition) is 12. The summed E-state index contributed by atoms with van der Waals surface area (Å²) in [4.78, 5) is 26.8. The van der Waals surface area contributed by atoms with Gasteiger partial charge in [-0.1, -0.05) is 41.5 Å². The molecule has 0 aromatic heterocycles. The summed E-state index contributed by atoms with van der Waals surface area (Å²) in [6, 6.07) is 0. The molecule has 5 saturated carbocycles. The minimum Gasteiger partial charge on any atom is -0.458 e. The van der Waals surface area contributed by atoms with Gasteiger partial charge < -0.3 is 109 Å². The predicted octanol–water partition coefficient (Wildman–Crippen LogP) is -1.98. The smallest absolute Gasteiger partial charge is 0.315 e. The van der Waals surface area contributed by atoms with Gasteiger partial charge in [0.2, 0.25) is 0 Å². The molecular weight excluding hydrogens is 1000 g/mol. The number of carbonyl (C=O) groups is 2. The van der Waals surface area contributed by atoms with Gasteiger partial charge in [0.25, 0.3) is 0 Å². The Morgan fingerprint density at radius 3 is 1.82 bits per heavy atom. The molecule has 0 aromatic rings. The number of fused-ring (bicyclic) bond motifs is 4. The molecule has 23 heteroatoms. The molecule has 12 N–H and O–H groups in total. The highest BCUT2D eigenvalue weighted by Crippen LogP contribution is 2.81. The summed E-state index contributed by atoms with van der Waals surface area (Å²) in [6.45, 7) is 12.5. The van der Waals surface area contributed by atoms with Gasteiger partial charge in [-0.2, -0.15) is 0 Å². The maximum atomic E-state index is 14.2. The lowest BCUT2D eigenvalue weighted by atomic mass is 9.30. The first-order valence-corrected chi connectivity index (χ1v) is 27.6. The fourth-order valence-electron chi connectivity index (χ4n) is 17.5. The zero-order chi connectivity index (χ0) is 55.2. The van der Waals surface area contributed by atoms with E-state index < -0.39 is 176 Å². The van der Waals surface area contributed by atoms with Crippen LogP contribution in [0.2, 0.25) is 0 Å². The van der Waals surface area contributed by atoms with Crippen molar-refractivity contribution in [2.45, 2.75) is 247 Å². The molecule has 5 aliphatic carbocycles. The topological polar surface area (TPSA) is 360 Å². The molecule has 5 heterocycles. The highest BCUT2D eigenvalue weighted by atomic mass is 16.8. The molecule has 10 aliphatic rings. The van der Waals surface area contributed by atoms with Crippen LogP contribution in [0.1, 0.15) is 113 Å². The van der Waals surface area contributed by atoms with Crippen LogP contribution in [0, 0.1) is 50.2 Å². The number of carbonyl (C=O) groups excluding carboxylic acids is 2. The quantitative estimate of drug-likeness (QED) is 0.0606. The monoisotopic (exact) mass is 1090 g/mol. The third-order valence-electron chi connectivity index (χ3n) is 22.2. The average molecular weight is 1090 g/mol. The van der Waals surface area contributed by atoms with E-state index in [4.69, 9.17) is 42.6 Å². The normalized spacial score (nSPS) is 57.8. The first kappa shape index (κ1) is 57.6. The van der Waals surface area contributed by atoms with Crippen molar-refractivity contribution in [2.24, 2.45) is 50.2 Å². The largest absolute Gasteiger partial charge is 0.458 e.